The monoisotopic (exact) mass is 361 g/mol. The predicted molar refractivity (Wildman–Crippen MR) is 108 cm³/mol. The number of carboxylic acids is 1. The smallest absolute Gasteiger partial charge is 0.335 e. The Morgan fingerprint density at radius 1 is 0.885 bits per heavy atom. The van der Waals surface area contributed by atoms with Crippen LogP contribution in [-0.4, -0.2) is 16.1 Å². The zero-order valence-corrected chi connectivity index (χ0v) is 15.7. The Morgan fingerprint density at radius 2 is 1.54 bits per heavy atom. The Morgan fingerprint density at radius 3 is 2.19 bits per heavy atom. The first-order valence-electron chi connectivity index (χ1n) is 8.48. The highest BCUT2D eigenvalue weighted by molar-refractivity contribution is 7.22. The Hall–Kier alpha value is -2.85. The van der Waals surface area contributed by atoms with Crippen LogP contribution in [-0.2, 0) is 0 Å². The molecule has 0 saturated heterocycles. The van der Waals surface area contributed by atoms with Gasteiger partial charge in [0.25, 0.3) is 0 Å². The van der Waals surface area contributed by atoms with E-state index in [2.05, 4.69) is 50.0 Å². The number of aromatic carboxylic acids is 1. The predicted octanol–water partition coefficient (Wildman–Crippen LogP) is 6.19. The molecule has 0 saturated carbocycles. The van der Waals surface area contributed by atoms with Crippen LogP contribution in [0.15, 0.2) is 48.5 Å². The van der Waals surface area contributed by atoms with Crippen molar-refractivity contribution in [3.63, 3.8) is 0 Å². The summed E-state index contributed by atoms with van der Waals surface area (Å²) >= 11 is 1.82. The maximum absolute atomic E-state index is 11.0. The van der Waals surface area contributed by atoms with Crippen molar-refractivity contribution in [1.29, 1.82) is 0 Å². The minimum Gasteiger partial charge on any atom is -0.478 e. The molecule has 2 heterocycles. The molecular formula is C22H19NO2S. The van der Waals surface area contributed by atoms with E-state index in [-0.39, 0.29) is 0 Å². The highest BCUT2D eigenvalue weighted by Crippen LogP contribution is 2.41. The van der Waals surface area contributed by atoms with Crippen LogP contribution in [0.5, 0.6) is 0 Å². The van der Waals surface area contributed by atoms with Crippen molar-refractivity contribution in [1.82, 2.24) is 4.98 Å². The summed E-state index contributed by atoms with van der Waals surface area (Å²) in [6.45, 7) is 6.50. The number of H-pyrrole nitrogens is 1. The van der Waals surface area contributed by atoms with Gasteiger partial charge < -0.3 is 10.1 Å². The summed E-state index contributed by atoms with van der Waals surface area (Å²) in [7, 11) is 0. The zero-order chi connectivity index (χ0) is 18.4. The van der Waals surface area contributed by atoms with Gasteiger partial charge in [0.15, 0.2) is 0 Å². The third kappa shape index (κ3) is 2.63. The molecule has 3 nitrogen and oxygen atoms in total. The normalized spacial score (nSPS) is 11.2. The van der Waals surface area contributed by atoms with Gasteiger partial charge in [-0.15, -0.1) is 11.3 Å². The molecule has 26 heavy (non-hydrogen) atoms. The van der Waals surface area contributed by atoms with Crippen molar-refractivity contribution in [2.45, 2.75) is 20.8 Å². The molecule has 0 aliphatic heterocycles. The summed E-state index contributed by atoms with van der Waals surface area (Å²) < 4.78 is 1.35. The highest BCUT2D eigenvalue weighted by atomic mass is 32.1. The van der Waals surface area contributed by atoms with Gasteiger partial charge in [0.2, 0.25) is 0 Å². The third-order valence-electron chi connectivity index (χ3n) is 4.86. The minimum absolute atomic E-state index is 0.298. The molecule has 0 aliphatic carbocycles. The Balaban J connectivity index is 1.78. The molecule has 0 fully saturated rings. The minimum atomic E-state index is -0.907. The van der Waals surface area contributed by atoms with E-state index in [1.54, 1.807) is 12.1 Å². The number of benzene rings is 2. The number of aromatic amines is 1. The fourth-order valence-corrected chi connectivity index (χ4v) is 4.75. The van der Waals surface area contributed by atoms with Crippen LogP contribution in [0.1, 0.15) is 27.0 Å². The number of nitrogens with one attached hydrogen (secondary N) is 1. The number of aromatic nitrogens is 1. The summed E-state index contributed by atoms with van der Waals surface area (Å²) in [5.74, 6) is -0.907. The molecule has 0 unspecified atom stereocenters. The summed E-state index contributed by atoms with van der Waals surface area (Å²) in [6.07, 6.45) is 0. The largest absolute Gasteiger partial charge is 0.478 e. The Bertz CT molecular complexity index is 1130. The van der Waals surface area contributed by atoms with E-state index < -0.39 is 5.97 Å². The third-order valence-corrected chi connectivity index (χ3v) is 6.32. The Kier molecular flexibility index (Phi) is 3.93. The first-order valence-corrected chi connectivity index (χ1v) is 9.30. The molecule has 0 amide bonds. The van der Waals surface area contributed by atoms with Crippen molar-refractivity contribution in [3.05, 3.63) is 70.8 Å². The summed E-state index contributed by atoms with van der Waals surface area (Å²) in [5, 5.41) is 10.4. The molecule has 4 aromatic rings. The van der Waals surface area contributed by atoms with Crippen LogP contribution < -0.4 is 0 Å². The molecular weight excluding hydrogens is 342 g/mol. The molecule has 2 aromatic carbocycles. The average molecular weight is 361 g/mol. The second-order valence-corrected chi connectivity index (χ2v) is 7.65. The number of carbonyl (C=O) groups is 1. The molecule has 0 bridgehead atoms. The van der Waals surface area contributed by atoms with Gasteiger partial charge in [-0.2, -0.15) is 0 Å². The van der Waals surface area contributed by atoms with Crippen LogP contribution in [0.2, 0.25) is 0 Å². The van der Waals surface area contributed by atoms with E-state index in [1.807, 2.05) is 23.5 Å². The van der Waals surface area contributed by atoms with Crippen LogP contribution in [0.25, 0.3) is 31.9 Å². The highest BCUT2D eigenvalue weighted by Gasteiger charge is 2.15. The van der Waals surface area contributed by atoms with Crippen LogP contribution in [0.4, 0.5) is 0 Å². The van der Waals surface area contributed by atoms with E-state index in [4.69, 9.17) is 5.11 Å². The number of fused-ring (bicyclic) bond motifs is 1. The number of hydrogen-bond acceptors (Lipinski definition) is 2. The van der Waals surface area contributed by atoms with Gasteiger partial charge >= 0.3 is 5.97 Å². The molecule has 0 atom stereocenters. The molecule has 2 N–H and O–H groups in total. The van der Waals surface area contributed by atoms with Crippen molar-refractivity contribution >= 4 is 27.4 Å². The van der Waals surface area contributed by atoms with Gasteiger partial charge in [0, 0.05) is 10.4 Å². The number of carboxylic acid groups (broad SMARTS) is 1. The topological polar surface area (TPSA) is 53.1 Å². The van der Waals surface area contributed by atoms with E-state index >= 15 is 0 Å². The molecule has 130 valence electrons. The van der Waals surface area contributed by atoms with Gasteiger partial charge in [0.1, 0.15) is 0 Å². The fraction of sp³-hybridized carbons (Fsp3) is 0.136. The lowest BCUT2D eigenvalue weighted by molar-refractivity contribution is 0.0697. The number of rotatable bonds is 3. The zero-order valence-electron chi connectivity index (χ0n) is 14.9. The van der Waals surface area contributed by atoms with Crippen molar-refractivity contribution < 1.29 is 9.90 Å². The molecule has 0 radical (unpaired) electrons. The van der Waals surface area contributed by atoms with Crippen molar-refractivity contribution in [2.75, 3.05) is 0 Å². The summed E-state index contributed by atoms with van der Waals surface area (Å²) in [6, 6.07) is 15.5. The van der Waals surface area contributed by atoms with Gasteiger partial charge in [-0.1, -0.05) is 24.3 Å². The van der Waals surface area contributed by atoms with Gasteiger partial charge in [-0.05, 0) is 72.7 Å². The standard InChI is InChI=1S/C22H19NO2S/c1-12-4-5-13(2)20-19(12)14(3)21(26-20)18-11-10-17(23-18)15-6-8-16(9-7-15)22(24)25/h4-11,23H,1-3H3,(H,24,25). The van der Waals surface area contributed by atoms with Crippen molar-refractivity contribution in [3.8, 4) is 21.8 Å². The number of thiophene rings is 1. The van der Waals surface area contributed by atoms with Crippen LogP contribution in [0, 0.1) is 20.8 Å². The summed E-state index contributed by atoms with van der Waals surface area (Å²) in [4.78, 5) is 15.8. The maximum Gasteiger partial charge on any atom is 0.335 e. The lowest BCUT2D eigenvalue weighted by atomic mass is 10.0. The van der Waals surface area contributed by atoms with E-state index in [9.17, 15) is 4.79 Å². The molecule has 0 aliphatic rings. The first kappa shape index (κ1) is 16.6. The van der Waals surface area contributed by atoms with Gasteiger partial charge in [-0.3, -0.25) is 0 Å². The second kappa shape index (κ2) is 6.15. The molecule has 4 heteroatoms. The SMILES string of the molecule is Cc1ccc(C)c2c(C)c(-c3ccc(-c4ccc(C(=O)O)cc4)[nH]3)sc12. The van der Waals surface area contributed by atoms with Gasteiger partial charge in [-0.25, -0.2) is 4.79 Å². The average Bonchev–Trinajstić information content (AvgIpc) is 3.24. The van der Waals surface area contributed by atoms with Gasteiger partial charge in [0.05, 0.1) is 16.1 Å². The van der Waals surface area contributed by atoms with E-state index in [0.29, 0.717) is 5.56 Å². The number of hydrogen-bond donors (Lipinski definition) is 2. The van der Waals surface area contributed by atoms with Crippen molar-refractivity contribution in [2.24, 2.45) is 0 Å². The number of aryl methyl sites for hydroxylation is 3. The van der Waals surface area contributed by atoms with Crippen LogP contribution in [0.3, 0.4) is 0 Å². The maximum atomic E-state index is 11.0. The fourth-order valence-electron chi connectivity index (χ4n) is 3.42. The van der Waals surface area contributed by atoms with E-state index in [0.717, 1.165) is 17.0 Å². The summed E-state index contributed by atoms with van der Waals surface area (Å²) in [5.41, 5.74) is 7.28. The molecule has 4 rings (SSSR count). The van der Waals surface area contributed by atoms with Crippen LogP contribution >= 0.6 is 11.3 Å². The lowest BCUT2D eigenvalue weighted by Gasteiger charge is -2.01. The molecule has 0 spiro atoms. The second-order valence-electron chi connectivity index (χ2n) is 6.63. The van der Waals surface area contributed by atoms with E-state index in [1.165, 1.54) is 31.7 Å². The quantitative estimate of drug-likeness (QED) is 0.457. The Labute approximate surface area is 155 Å². The lowest BCUT2D eigenvalue weighted by Crippen LogP contribution is -1.94. The molecule has 2 aromatic heterocycles. The first-order chi connectivity index (χ1) is 12.5.